The number of hydrogen-bond donors (Lipinski definition) is 3. The van der Waals surface area contributed by atoms with Crippen molar-refractivity contribution in [1.82, 2.24) is 9.97 Å². The van der Waals surface area contributed by atoms with Crippen LogP contribution < -0.4 is 16.2 Å². The molecule has 0 unspecified atom stereocenters. The van der Waals surface area contributed by atoms with E-state index in [1.165, 1.54) is 18.2 Å². The highest BCUT2D eigenvalue weighted by Gasteiger charge is 2.21. The maximum Gasteiger partial charge on any atom is 0.256 e. The lowest BCUT2D eigenvalue weighted by Gasteiger charge is -2.17. The van der Waals surface area contributed by atoms with Gasteiger partial charge in [0.25, 0.3) is 5.56 Å². The molecule has 0 radical (unpaired) electrons. The van der Waals surface area contributed by atoms with Crippen LogP contribution in [0.3, 0.4) is 0 Å². The van der Waals surface area contributed by atoms with E-state index in [2.05, 4.69) is 20.6 Å². The van der Waals surface area contributed by atoms with Gasteiger partial charge in [-0.1, -0.05) is 25.4 Å². The molecular weight excluding hydrogens is 391 g/mol. The molecule has 1 fully saturated rings. The first-order chi connectivity index (χ1) is 13.9. The molecule has 1 saturated carbocycles. The van der Waals surface area contributed by atoms with Crippen molar-refractivity contribution in [3.05, 3.63) is 69.5 Å². The second-order valence-corrected chi connectivity index (χ2v) is 8.03. The van der Waals surface area contributed by atoms with Crippen molar-refractivity contribution in [2.24, 2.45) is 0 Å². The summed E-state index contributed by atoms with van der Waals surface area (Å²) in [4.78, 5) is 19.9. The molecule has 0 amide bonds. The number of anilines is 3. The van der Waals surface area contributed by atoms with Gasteiger partial charge >= 0.3 is 0 Å². The van der Waals surface area contributed by atoms with Gasteiger partial charge in [-0.15, -0.1) is 0 Å². The van der Waals surface area contributed by atoms with Gasteiger partial charge in [0, 0.05) is 40.3 Å². The fraction of sp³-hybridized carbons (Fsp3) is 0.273. The van der Waals surface area contributed by atoms with Crippen molar-refractivity contribution in [3.8, 4) is 11.1 Å². The summed E-state index contributed by atoms with van der Waals surface area (Å²) in [6.45, 7) is 3.98. The van der Waals surface area contributed by atoms with Gasteiger partial charge in [-0.3, -0.25) is 4.79 Å². The third kappa shape index (κ3) is 4.43. The van der Waals surface area contributed by atoms with E-state index in [1.807, 2.05) is 26.0 Å². The molecule has 3 aromatic rings. The largest absolute Gasteiger partial charge is 0.367 e. The zero-order valence-electron chi connectivity index (χ0n) is 16.2. The summed E-state index contributed by atoms with van der Waals surface area (Å²) in [7, 11) is 0. The maximum atomic E-state index is 14.4. The first-order valence-electron chi connectivity index (χ1n) is 9.63. The Kier molecular flexibility index (Phi) is 5.28. The second-order valence-electron chi connectivity index (χ2n) is 7.59. The van der Waals surface area contributed by atoms with E-state index < -0.39 is 5.82 Å². The van der Waals surface area contributed by atoms with Crippen LogP contribution in [0, 0.1) is 5.82 Å². The Morgan fingerprint density at radius 2 is 1.97 bits per heavy atom. The highest BCUT2D eigenvalue weighted by molar-refractivity contribution is 6.30. The van der Waals surface area contributed by atoms with Crippen LogP contribution in [0.2, 0.25) is 5.02 Å². The van der Waals surface area contributed by atoms with Gasteiger partial charge in [0.15, 0.2) is 0 Å². The lowest BCUT2D eigenvalue weighted by atomic mass is 10.0. The summed E-state index contributed by atoms with van der Waals surface area (Å²) in [6, 6.07) is 10.1. The molecule has 4 rings (SSSR count). The van der Waals surface area contributed by atoms with Crippen molar-refractivity contribution in [2.45, 2.75) is 38.6 Å². The van der Waals surface area contributed by atoms with E-state index in [4.69, 9.17) is 11.6 Å². The highest BCUT2D eigenvalue weighted by Crippen LogP contribution is 2.31. The van der Waals surface area contributed by atoms with E-state index in [1.54, 1.807) is 12.3 Å². The van der Waals surface area contributed by atoms with Crippen LogP contribution in [0.4, 0.5) is 21.6 Å². The Bertz CT molecular complexity index is 1110. The van der Waals surface area contributed by atoms with Crippen molar-refractivity contribution in [2.75, 3.05) is 10.6 Å². The first kappa shape index (κ1) is 19.5. The van der Waals surface area contributed by atoms with Gasteiger partial charge < -0.3 is 15.6 Å². The third-order valence-electron chi connectivity index (χ3n) is 4.84. The highest BCUT2D eigenvalue weighted by atomic mass is 35.5. The number of aromatic nitrogens is 2. The normalized spacial score (nSPS) is 13.6. The average Bonchev–Trinajstić information content (AvgIpc) is 3.49. The molecule has 0 atom stereocenters. The molecule has 150 valence electrons. The molecule has 0 saturated heterocycles. The van der Waals surface area contributed by atoms with E-state index in [9.17, 15) is 9.18 Å². The number of benzene rings is 1. The number of pyridine rings is 2. The molecule has 2 heterocycles. The zero-order valence-corrected chi connectivity index (χ0v) is 17.0. The quantitative estimate of drug-likeness (QED) is 0.487. The Morgan fingerprint density at radius 1 is 1.17 bits per heavy atom. The lowest BCUT2D eigenvalue weighted by Crippen LogP contribution is -2.15. The summed E-state index contributed by atoms with van der Waals surface area (Å²) < 4.78 is 14.4. The maximum absolute atomic E-state index is 14.4. The predicted molar refractivity (Wildman–Crippen MR) is 116 cm³/mol. The second kappa shape index (κ2) is 7.87. The third-order valence-corrected chi connectivity index (χ3v) is 5.07. The number of aromatic amines is 1. The van der Waals surface area contributed by atoms with Gasteiger partial charge in [0.05, 0.1) is 11.3 Å². The van der Waals surface area contributed by atoms with Crippen LogP contribution in [-0.4, -0.2) is 16.0 Å². The van der Waals surface area contributed by atoms with Crippen LogP contribution in [-0.2, 0) is 0 Å². The van der Waals surface area contributed by atoms with Crippen molar-refractivity contribution >= 4 is 28.8 Å². The molecule has 1 aromatic carbocycles. The smallest absolute Gasteiger partial charge is 0.256 e. The van der Waals surface area contributed by atoms with Gasteiger partial charge in [-0.05, 0) is 49.1 Å². The van der Waals surface area contributed by atoms with Gasteiger partial charge in [0.1, 0.15) is 11.6 Å². The van der Waals surface area contributed by atoms with Crippen LogP contribution in [0.25, 0.3) is 11.1 Å². The number of nitrogens with one attached hydrogen (secondary N) is 3. The van der Waals surface area contributed by atoms with Crippen LogP contribution >= 0.6 is 11.6 Å². The minimum Gasteiger partial charge on any atom is -0.367 e. The molecule has 0 spiro atoms. The Morgan fingerprint density at radius 3 is 2.69 bits per heavy atom. The number of hydrogen-bond acceptors (Lipinski definition) is 4. The molecule has 3 N–H and O–H groups in total. The molecule has 7 heteroatoms. The van der Waals surface area contributed by atoms with Gasteiger partial charge in [0.2, 0.25) is 0 Å². The Labute approximate surface area is 173 Å². The Hall–Kier alpha value is -2.86. The van der Waals surface area contributed by atoms with E-state index in [-0.39, 0.29) is 22.6 Å². The SMILES string of the molecule is CC(C)c1[nH]c(=O)c(-c2cc(Cl)ccc2F)cc1Nc1ccnc(NC2CC2)c1. The van der Waals surface area contributed by atoms with Crippen LogP contribution in [0.15, 0.2) is 47.4 Å². The van der Waals surface area contributed by atoms with Crippen LogP contribution in [0.5, 0.6) is 0 Å². The first-order valence-corrected chi connectivity index (χ1v) is 10.0. The fourth-order valence-corrected chi connectivity index (χ4v) is 3.36. The molecule has 5 nitrogen and oxygen atoms in total. The van der Waals surface area contributed by atoms with Crippen molar-refractivity contribution < 1.29 is 4.39 Å². The topological polar surface area (TPSA) is 69.8 Å². The molecule has 29 heavy (non-hydrogen) atoms. The predicted octanol–water partition coefficient (Wildman–Crippen LogP) is 5.67. The summed E-state index contributed by atoms with van der Waals surface area (Å²) in [6.07, 6.45) is 4.04. The molecule has 2 aromatic heterocycles. The molecule has 0 bridgehead atoms. The minimum atomic E-state index is -0.497. The molecular formula is C22H22ClFN4O. The standard InChI is InChI=1S/C22H22ClFN4O/c1-12(2)21-19(26-15-7-8-25-20(10-15)27-14-4-5-14)11-17(22(29)28-21)16-9-13(23)3-6-18(16)24/h3,6-12,14H,4-5H2,1-2H3,(H,28,29)(H2,25,26,27). The summed E-state index contributed by atoms with van der Waals surface area (Å²) in [5, 5.41) is 7.09. The fourth-order valence-electron chi connectivity index (χ4n) is 3.19. The van der Waals surface area contributed by atoms with Crippen LogP contribution in [0.1, 0.15) is 38.3 Å². The summed E-state index contributed by atoms with van der Waals surface area (Å²) in [5.74, 6) is 0.367. The summed E-state index contributed by atoms with van der Waals surface area (Å²) >= 11 is 6.03. The van der Waals surface area contributed by atoms with E-state index >= 15 is 0 Å². The number of halogens is 2. The van der Waals surface area contributed by atoms with Crippen molar-refractivity contribution in [3.63, 3.8) is 0 Å². The number of rotatable bonds is 6. The molecule has 1 aliphatic rings. The minimum absolute atomic E-state index is 0.0642. The van der Waals surface area contributed by atoms with Gasteiger partial charge in [-0.2, -0.15) is 0 Å². The summed E-state index contributed by atoms with van der Waals surface area (Å²) in [5.41, 5.74) is 2.32. The number of nitrogens with zero attached hydrogens (tertiary/aromatic N) is 1. The molecule has 0 aliphatic heterocycles. The zero-order chi connectivity index (χ0) is 20.5. The molecule has 1 aliphatic carbocycles. The van der Waals surface area contributed by atoms with Gasteiger partial charge in [-0.25, -0.2) is 9.37 Å². The Balaban J connectivity index is 1.75. The van der Waals surface area contributed by atoms with E-state index in [0.29, 0.717) is 16.8 Å². The number of H-pyrrole nitrogens is 1. The van der Waals surface area contributed by atoms with Crippen molar-refractivity contribution in [1.29, 1.82) is 0 Å². The monoisotopic (exact) mass is 412 g/mol. The van der Waals surface area contributed by atoms with E-state index in [0.717, 1.165) is 30.0 Å². The average molecular weight is 413 g/mol. The lowest BCUT2D eigenvalue weighted by molar-refractivity contribution is 0.631.